The second-order valence-corrected chi connectivity index (χ2v) is 15.4. The van der Waals surface area contributed by atoms with Crippen molar-refractivity contribution >= 4 is 27.3 Å². The Morgan fingerprint density at radius 2 is 1.55 bits per heavy atom. The van der Waals surface area contributed by atoms with E-state index in [-0.39, 0.29) is 27.8 Å². The van der Waals surface area contributed by atoms with E-state index in [9.17, 15) is 18.3 Å². The fraction of sp³-hybridized carbons (Fsp3) is 0.649. The molecule has 2 N–H and O–H groups in total. The molecular weight excluding hydrogens is 676 g/mol. The highest BCUT2D eigenvalue weighted by Gasteiger charge is 2.53. The predicted molar refractivity (Wildman–Crippen MR) is 191 cm³/mol. The molecule has 266 valence electrons. The number of unbranched alkanes of at least 4 members (excludes halogenated alkanes) is 3. The molecule has 0 spiro atoms. The molecule has 0 saturated carbocycles. The Hall–Kier alpha value is -1.98. The molecule has 8 nitrogen and oxygen atoms in total. The van der Waals surface area contributed by atoms with E-state index in [1.807, 2.05) is 55.4 Å². The van der Waals surface area contributed by atoms with Gasteiger partial charge in [0.05, 0.1) is 42.7 Å². The summed E-state index contributed by atoms with van der Waals surface area (Å²) in [6.07, 6.45) is 5.81. The number of likely N-dealkylation sites (N-methyl/N-ethyl adjacent to an activating group) is 1. The highest BCUT2D eigenvalue weighted by atomic mass is 79.9. The Kier molecular flexibility index (Phi) is 15.9. The van der Waals surface area contributed by atoms with Crippen LogP contribution in [0.2, 0.25) is 0 Å². The molecule has 2 aromatic carbocycles. The van der Waals surface area contributed by atoms with Gasteiger partial charge in [0.2, 0.25) is 15.9 Å². The second-order valence-electron chi connectivity index (χ2n) is 13.5. The third-order valence-corrected chi connectivity index (χ3v) is 12.7. The summed E-state index contributed by atoms with van der Waals surface area (Å²) in [5.41, 5.74) is 1.93. The van der Waals surface area contributed by atoms with Crippen LogP contribution in [-0.2, 0) is 14.8 Å². The average molecular weight is 738 g/mol. The zero-order valence-electron chi connectivity index (χ0n) is 30.2. The summed E-state index contributed by atoms with van der Waals surface area (Å²) >= 11 is 0. The molecule has 0 radical (unpaired) electrons. The Morgan fingerprint density at radius 3 is 2.11 bits per heavy atom. The monoisotopic (exact) mass is 736 g/mol. The number of carbonyl (C=O) groups is 1. The van der Waals surface area contributed by atoms with Crippen molar-refractivity contribution in [1.82, 2.24) is 4.31 Å². The van der Waals surface area contributed by atoms with Gasteiger partial charge in [0, 0.05) is 44.9 Å². The van der Waals surface area contributed by atoms with Crippen LogP contribution in [0.15, 0.2) is 47.4 Å². The summed E-state index contributed by atoms with van der Waals surface area (Å²) in [6, 6.07) is 13.1. The number of amides is 1. The summed E-state index contributed by atoms with van der Waals surface area (Å²) in [5, 5.41) is 15.7. The van der Waals surface area contributed by atoms with Crippen LogP contribution in [0.5, 0.6) is 0 Å². The number of aliphatic hydroxyl groups is 1. The van der Waals surface area contributed by atoms with Crippen molar-refractivity contribution in [2.45, 2.75) is 115 Å². The summed E-state index contributed by atoms with van der Waals surface area (Å²) in [7, 11) is 1.59. The molecule has 0 saturated heterocycles. The Morgan fingerprint density at radius 1 is 0.936 bits per heavy atom. The number of benzene rings is 2. The van der Waals surface area contributed by atoms with E-state index in [4.69, 9.17) is 0 Å². The first-order chi connectivity index (χ1) is 21.9. The van der Waals surface area contributed by atoms with Crippen LogP contribution >= 0.6 is 0 Å². The van der Waals surface area contributed by atoms with E-state index in [0.29, 0.717) is 30.5 Å². The lowest BCUT2D eigenvalue weighted by atomic mass is 9.72. The summed E-state index contributed by atoms with van der Waals surface area (Å²) < 4.78 is 31.3. The molecule has 1 aliphatic rings. The van der Waals surface area contributed by atoms with Crippen LogP contribution in [0.25, 0.3) is 0 Å². The minimum absolute atomic E-state index is 0. The third-order valence-electron chi connectivity index (χ3n) is 10.7. The standard InChI is InChI=1S/C37H60N4O4S.BrH/c1-9-14-24-37(25-15-10-2)36(43)35(32-28-31(39(6)7)22-23-33(32)46(44,45)40(37)8)29-19-18-20-30(27-29)38-34(42)21-16-17-26-41(11-3,12-4)13-5;/h18-20,22-23,27-28,35-36,43H,9-17,21,24-26H2,1-8H3;1H/t35-,36-;/m1./s1. The maximum Gasteiger partial charge on any atom is 0.243 e. The zero-order chi connectivity index (χ0) is 34.1. The smallest absolute Gasteiger partial charge is 0.243 e. The van der Waals surface area contributed by atoms with Gasteiger partial charge in [0.15, 0.2) is 0 Å². The molecule has 0 aliphatic carbocycles. The van der Waals surface area contributed by atoms with Crippen molar-refractivity contribution in [2.75, 3.05) is 57.5 Å². The van der Waals surface area contributed by atoms with Crippen LogP contribution in [0.3, 0.4) is 0 Å². The second kappa shape index (κ2) is 18.1. The molecule has 1 heterocycles. The van der Waals surface area contributed by atoms with Crippen LogP contribution in [0, 0.1) is 0 Å². The number of hydrogen-bond donors (Lipinski definition) is 2. The molecule has 0 aromatic heterocycles. The van der Waals surface area contributed by atoms with E-state index in [1.54, 1.807) is 13.1 Å². The average Bonchev–Trinajstić information content (AvgIpc) is 3.09. The van der Waals surface area contributed by atoms with Crippen LogP contribution in [0.4, 0.5) is 11.4 Å². The van der Waals surface area contributed by atoms with E-state index < -0.39 is 27.6 Å². The van der Waals surface area contributed by atoms with Gasteiger partial charge in [-0.15, -0.1) is 0 Å². The van der Waals surface area contributed by atoms with Crippen LogP contribution in [0.1, 0.15) is 109 Å². The van der Waals surface area contributed by atoms with Gasteiger partial charge in [-0.25, -0.2) is 8.42 Å². The highest BCUT2D eigenvalue weighted by molar-refractivity contribution is 7.89. The molecule has 47 heavy (non-hydrogen) atoms. The topological polar surface area (TPSA) is 90.0 Å². The van der Waals surface area contributed by atoms with Gasteiger partial charge in [0.1, 0.15) is 0 Å². The van der Waals surface area contributed by atoms with E-state index in [0.717, 1.165) is 80.4 Å². The summed E-state index contributed by atoms with van der Waals surface area (Å²) in [4.78, 5) is 15.3. The van der Waals surface area contributed by atoms with E-state index in [1.165, 1.54) is 4.31 Å². The lowest BCUT2D eigenvalue weighted by Crippen LogP contribution is -3.00. The lowest BCUT2D eigenvalue weighted by Gasteiger charge is -2.45. The number of anilines is 2. The van der Waals surface area contributed by atoms with Gasteiger partial charge in [-0.3, -0.25) is 4.79 Å². The number of quaternary nitrogens is 1. The maximum atomic E-state index is 14.4. The fourth-order valence-corrected chi connectivity index (χ4v) is 9.11. The van der Waals surface area contributed by atoms with Crippen molar-refractivity contribution in [3.8, 4) is 0 Å². The third kappa shape index (κ3) is 9.18. The molecule has 0 unspecified atom stereocenters. The normalized spacial score (nSPS) is 18.9. The van der Waals surface area contributed by atoms with Crippen molar-refractivity contribution in [2.24, 2.45) is 0 Å². The molecule has 0 bridgehead atoms. The number of hydrogen-bond acceptors (Lipinski definition) is 5. The van der Waals surface area contributed by atoms with Gasteiger partial charge in [-0.1, -0.05) is 51.7 Å². The fourth-order valence-electron chi connectivity index (χ4n) is 7.32. The van der Waals surface area contributed by atoms with E-state index >= 15 is 0 Å². The number of sulfonamides is 1. The first kappa shape index (κ1) is 41.2. The van der Waals surface area contributed by atoms with Crippen molar-refractivity contribution in [3.63, 3.8) is 0 Å². The Labute approximate surface area is 296 Å². The summed E-state index contributed by atoms with van der Waals surface area (Å²) in [5.74, 6) is -0.637. The number of rotatable bonds is 17. The minimum atomic E-state index is -3.92. The molecule has 1 aliphatic heterocycles. The highest BCUT2D eigenvalue weighted by Crippen LogP contribution is 2.48. The van der Waals surface area contributed by atoms with Crippen LogP contribution < -0.4 is 27.2 Å². The number of fused-ring (bicyclic) bond motifs is 1. The van der Waals surface area contributed by atoms with Gasteiger partial charge in [-0.05, 0) is 87.9 Å². The molecule has 10 heteroatoms. The lowest BCUT2D eigenvalue weighted by molar-refractivity contribution is -0.923. The predicted octanol–water partition coefficient (Wildman–Crippen LogP) is 3.99. The quantitative estimate of drug-likeness (QED) is 0.190. The number of aliphatic hydroxyl groups excluding tert-OH is 1. The van der Waals surface area contributed by atoms with Gasteiger partial charge < -0.3 is 36.8 Å². The van der Waals surface area contributed by atoms with Gasteiger partial charge in [0.25, 0.3) is 0 Å². The molecule has 3 rings (SSSR count). The largest absolute Gasteiger partial charge is 1.00 e. The SMILES string of the molecule is CCCCC1(CCCC)[C@H](O)[C@H](c2cccc(NC(=O)CCCC[N+](CC)(CC)CC)c2)c2cc(N(C)C)ccc2S(=O)(=O)N1C.[Br-]. The zero-order valence-corrected chi connectivity index (χ0v) is 32.6. The Balaban J connectivity index is 0.00000768. The van der Waals surface area contributed by atoms with E-state index in [2.05, 4.69) is 39.9 Å². The summed E-state index contributed by atoms with van der Waals surface area (Å²) in [6.45, 7) is 15.3. The van der Waals surface area contributed by atoms with Crippen molar-refractivity contribution < 1.29 is 39.8 Å². The maximum absolute atomic E-state index is 14.4. The number of nitrogens with one attached hydrogen (secondary N) is 1. The first-order valence-electron chi connectivity index (χ1n) is 17.6. The Bertz CT molecular complexity index is 1380. The van der Waals surface area contributed by atoms with Crippen molar-refractivity contribution in [3.05, 3.63) is 53.6 Å². The van der Waals surface area contributed by atoms with Gasteiger partial charge >= 0.3 is 0 Å². The number of nitrogens with zero attached hydrogens (tertiary/aromatic N) is 3. The van der Waals surface area contributed by atoms with Gasteiger partial charge in [-0.2, -0.15) is 4.31 Å². The van der Waals surface area contributed by atoms with Crippen LogP contribution in [-0.4, -0.2) is 87.2 Å². The molecule has 0 fully saturated rings. The molecule has 1 amide bonds. The minimum Gasteiger partial charge on any atom is -1.00 e. The molecule has 2 aromatic rings. The first-order valence-corrected chi connectivity index (χ1v) is 19.0. The number of carbonyl (C=O) groups excluding carboxylic acids is 1. The van der Waals surface area contributed by atoms with Crippen molar-refractivity contribution in [1.29, 1.82) is 0 Å². The molecular formula is C37H61BrN4O4S. The number of halogens is 1. The molecule has 2 atom stereocenters.